The zero-order valence-electron chi connectivity index (χ0n) is 12.6. The van der Waals surface area contributed by atoms with Crippen LogP contribution in [0.25, 0.3) is 0 Å². The van der Waals surface area contributed by atoms with Crippen LogP contribution >= 0.6 is 0 Å². The molecule has 0 atom stereocenters. The molecule has 0 saturated heterocycles. The predicted octanol–water partition coefficient (Wildman–Crippen LogP) is 1.63. The number of carbonyl (C=O) groups is 2. The molecule has 0 aliphatic rings. The fourth-order valence-corrected chi connectivity index (χ4v) is 1.58. The van der Waals surface area contributed by atoms with Crippen molar-refractivity contribution in [3.8, 4) is 0 Å². The van der Waals surface area contributed by atoms with Gasteiger partial charge < -0.3 is 15.7 Å². The van der Waals surface area contributed by atoms with E-state index in [0.717, 1.165) is 13.0 Å². The van der Waals surface area contributed by atoms with Crippen molar-refractivity contribution < 1.29 is 14.7 Å². The highest BCUT2D eigenvalue weighted by Gasteiger charge is 2.18. The second-order valence-electron chi connectivity index (χ2n) is 6.18. The Hall–Kier alpha value is -1.10. The number of hydrogen-bond donors (Lipinski definition) is 3. The summed E-state index contributed by atoms with van der Waals surface area (Å²) in [7, 11) is 0. The first-order valence-corrected chi connectivity index (χ1v) is 6.92. The highest BCUT2D eigenvalue weighted by Crippen LogP contribution is 2.25. The van der Waals surface area contributed by atoms with E-state index >= 15 is 0 Å². The molecule has 0 bridgehead atoms. The summed E-state index contributed by atoms with van der Waals surface area (Å²) in [5, 5.41) is 14.6. The molecule has 0 spiro atoms. The van der Waals surface area contributed by atoms with Gasteiger partial charge in [0.25, 0.3) is 0 Å². The summed E-state index contributed by atoms with van der Waals surface area (Å²) in [5.74, 6) is -0.287. The third-order valence-electron chi connectivity index (χ3n) is 2.99. The molecule has 0 heterocycles. The second kappa shape index (κ2) is 8.91. The molecule has 112 valence electrons. The number of aliphatic carboxylic acids is 1. The van der Waals surface area contributed by atoms with E-state index in [9.17, 15) is 9.59 Å². The summed E-state index contributed by atoms with van der Waals surface area (Å²) >= 11 is 0. The van der Waals surface area contributed by atoms with Crippen LogP contribution in [0.3, 0.4) is 0 Å². The van der Waals surface area contributed by atoms with Crippen molar-refractivity contribution in [2.75, 3.05) is 19.6 Å². The molecule has 0 saturated carbocycles. The molecular weight excluding hydrogens is 244 g/mol. The number of nitrogens with one attached hydrogen (secondary N) is 2. The normalized spacial score (nSPS) is 11.6. The van der Waals surface area contributed by atoms with Crippen LogP contribution in [0.5, 0.6) is 0 Å². The Morgan fingerprint density at radius 2 is 1.84 bits per heavy atom. The molecule has 0 radical (unpaired) electrons. The Bertz CT molecular complexity index is 288. The van der Waals surface area contributed by atoms with Crippen molar-refractivity contribution in [3.05, 3.63) is 0 Å². The van der Waals surface area contributed by atoms with Crippen LogP contribution in [0.15, 0.2) is 0 Å². The molecule has 1 amide bonds. The van der Waals surface area contributed by atoms with Crippen LogP contribution in [0.1, 0.15) is 47.0 Å². The summed E-state index contributed by atoms with van der Waals surface area (Å²) in [6.07, 6.45) is 1.71. The SMILES string of the molecule is CC(C)CNC(=O)CNCCC(C)(C)CCC(=O)O. The van der Waals surface area contributed by atoms with E-state index in [-0.39, 0.29) is 17.7 Å². The smallest absolute Gasteiger partial charge is 0.303 e. The largest absolute Gasteiger partial charge is 0.481 e. The molecule has 0 aliphatic heterocycles. The highest BCUT2D eigenvalue weighted by atomic mass is 16.4. The fraction of sp³-hybridized carbons (Fsp3) is 0.857. The maximum absolute atomic E-state index is 11.4. The molecule has 0 aromatic carbocycles. The standard InChI is InChI=1S/C14H28N2O3/c1-11(2)9-16-12(17)10-15-8-7-14(3,4)6-5-13(18)19/h11,15H,5-10H2,1-4H3,(H,16,17)(H,18,19). The Morgan fingerprint density at radius 3 is 2.37 bits per heavy atom. The van der Waals surface area contributed by atoms with Gasteiger partial charge in [-0.25, -0.2) is 0 Å². The first kappa shape index (κ1) is 17.9. The van der Waals surface area contributed by atoms with E-state index in [2.05, 4.69) is 38.3 Å². The van der Waals surface area contributed by atoms with Gasteiger partial charge in [0.2, 0.25) is 5.91 Å². The van der Waals surface area contributed by atoms with Crippen molar-refractivity contribution in [2.45, 2.75) is 47.0 Å². The van der Waals surface area contributed by atoms with Crippen LogP contribution in [-0.2, 0) is 9.59 Å². The molecule has 0 fully saturated rings. The summed E-state index contributed by atoms with van der Waals surface area (Å²) in [6, 6.07) is 0. The molecule has 0 aliphatic carbocycles. The maximum atomic E-state index is 11.4. The molecule has 0 aromatic heterocycles. The van der Waals surface area contributed by atoms with Crippen molar-refractivity contribution in [2.24, 2.45) is 11.3 Å². The van der Waals surface area contributed by atoms with Crippen LogP contribution < -0.4 is 10.6 Å². The molecule has 5 nitrogen and oxygen atoms in total. The van der Waals surface area contributed by atoms with E-state index in [4.69, 9.17) is 5.11 Å². The van der Waals surface area contributed by atoms with Gasteiger partial charge in [0.05, 0.1) is 6.54 Å². The van der Waals surface area contributed by atoms with Crippen LogP contribution in [-0.4, -0.2) is 36.6 Å². The van der Waals surface area contributed by atoms with Gasteiger partial charge in [-0.15, -0.1) is 0 Å². The van der Waals surface area contributed by atoms with Gasteiger partial charge >= 0.3 is 5.97 Å². The number of carboxylic acids is 1. The lowest BCUT2D eigenvalue weighted by molar-refractivity contribution is -0.137. The van der Waals surface area contributed by atoms with Gasteiger partial charge in [0.1, 0.15) is 0 Å². The quantitative estimate of drug-likeness (QED) is 0.528. The molecular formula is C14H28N2O3. The van der Waals surface area contributed by atoms with E-state index in [0.29, 0.717) is 25.4 Å². The minimum Gasteiger partial charge on any atom is -0.481 e. The van der Waals surface area contributed by atoms with Crippen molar-refractivity contribution in [1.29, 1.82) is 0 Å². The average molecular weight is 272 g/mol. The number of rotatable bonds is 10. The lowest BCUT2D eigenvalue weighted by Gasteiger charge is -2.23. The number of carboxylic acid groups (broad SMARTS) is 1. The average Bonchev–Trinajstić information content (AvgIpc) is 2.30. The minimum atomic E-state index is -0.755. The first-order valence-electron chi connectivity index (χ1n) is 6.92. The summed E-state index contributed by atoms with van der Waals surface area (Å²) in [6.45, 7) is 9.96. The molecule has 0 aromatic rings. The van der Waals surface area contributed by atoms with Crippen molar-refractivity contribution in [1.82, 2.24) is 10.6 Å². The molecule has 0 unspecified atom stereocenters. The monoisotopic (exact) mass is 272 g/mol. The highest BCUT2D eigenvalue weighted by molar-refractivity contribution is 5.77. The summed E-state index contributed by atoms with van der Waals surface area (Å²) < 4.78 is 0. The summed E-state index contributed by atoms with van der Waals surface area (Å²) in [4.78, 5) is 22.0. The van der Waals surface area contributed by atoms with Gasteiger partial charge in [0.15, 0.2) is 0 Å². The number of amides is 1. The molecule has 3 N–H and O–H groups in total. The van der Waals surface area contributed by atoms with E-state index < -0.39 is 5.97 Å². The Morgan fingerprint density at radius 1 is 1.21 bits per heavy atom. The predicted molar refractivity (Wildman–Crippen MR) is 76.0 cm³/mol. The van der Waals surface area contributed by atoms with Crippen LogP contribution in [0.4, 0.5) is 0 Å². The zero-order valence-corrected chi connectivity index (χ0v) is 12.6. The van der Waals surface area contributed by atoms with Crippen LogP contribution in [0, 0.1) is 11.3 Å². The lowest BCUT2D eigenvalue weighted by Crippen LogP contribution is -2.36. The lowest BCUT2D eigenvalue weighted by atomic mass is 9.84. The van der Waals surface area contributed by atoms with E-state index in [1.165, 1.54) is 0 Å². The van der Waals surface area contributed by atoms with Gasteiger partial charge in [-0.3, -0.25) is 9.59 Å². The molecule has 5 heteroatoms. The molecule has 19 heavy (non-hydrogen) atoms. The zero-order chi connectivity index (χ0) is 14.9. The van der Waals surface area contributed by atoms with E-state index in [1.807, 2.05) is 0 Å². The third-order valence-corrected chi connectivity index (χ3v) is 2.99. The third kappa shape index (κ3) is 11.7. The van der Waals surface area contributed by atoms with Crippen molar-refractivity contribution in [3.63, 3.8) is 0 Å². The van der Waals surface area contributed by atoms with Crippen molar-refractivity contribution >= 4 is 11.9 Å². The molecule has 0 rings (SSSR count). The van der Waals surface area contributed by atoms with Gasteiger partial charge in [-0.05, 0) is 30.7 Å². The Kier molecular flexibility index (Phi) is 8.39. The fourth-order valence-electron chi connectivity index (χ4n) is 1.58. The number of carbonyl (C=O) groups excluding carboxylic acids is 1. The van der Waals surface area contributed by atoms with Gasteiger partial charge in [-0.1, -0.05) is 27.7 Å². The number of hydrogen-bond acceptors (Lipinski definition) is 3. The minimum absolute atomic E-state index is 0.0112. The van der Waals surface area contributed by atoms with Crippen LogP contribution in [0.2, 0.25) is 0 Å². The topological polar surface area (TPSA) is 78.4 Å². The van der Waals surface area contributed by atoms with E-state index in [1.54, 1.807) is 0 Å². The second-order valence-corrected chi connectivity index (χ2v) is 6.18. The van der Waals surface area contributed by atoms with Gasteiger partial charge in [0, 0.05) is 13.0 Å². The Balaban J connectivity index is 3.66. The van der Waals surface area contributed by atoms with Gasteiger partial charge in [-0.2, -0.15) is 0 Å². The first-order chi connectivity index (χ1) is 8.73. The summed E-state index contributed by atoms with van der Waals surface area (Å²) in [5.41, 5.74) is -0.0141. The maximum Gasteiger partial charge on any atom is 0.303 e. The Labute approximate surface area is 116 Å².